The van der Waals surface area contributed by atoms with Gasteiger partial charge in [0.1, 0.15) is 11.9 Å². The van der Waals surface area contributed by atoms with E-state index in [0.29, 0.717) is 31.2 Å². The monoisotopic (exact) mass is 425 g/mol. The molecule has 1 amide bonds. The molecule has 1 saturated heterocycles. The Labute approximate surface area is 186 Å². The van der Waals surface area contributed by atoms with E-state index >= 15 is 0 Å². The highest BCUT2D eigenvalue weighted by Crippen LogP contribution is 2.25. The quantitative estimate of drug-likeness (QED) is 0.432. The number of hydrogen-bond donors (Lipinski definition) is 0. The first-order chi connectivity index (χ1) is 15.7. The summed E-state index contributed by atoms with van der Waals surface area (Å²) in [6.07, 6.45) is 1.32. The summed E-state index contributed by atoms with van der Waals surface area (Å²) < 4.78 is 11.4. The maximum atomic E-state index is 12.4. The van der Waals surface area contributed by atoms with E-state index in [1.165, 1.54) is 5.56 Å². The second kappa shape index (κ2) is 9.06. The lowest BCUT2D eigenvalue weighted by Gasteiger charge is -2.39. The van der Waals surface area contributed by atoms with Gasteiger partial charge in [-0.3, -0.25) is 4.79 Å². The largest absolute Gasteiger partial charge is 0.487 e. The summed E-state index contributed by atoms with van der Waals surface area (Å²) in [5.74, 6) is 1.97. The number of likely N-dealkylation sites (tertiary alicyclic amines) is 1. The molecule has 5 rings (SSSR count). The highest BCUT2D eigenvalue weighted by molar-refractivity contribution is 5.77. The predicted molar refractivity (Wildman–Crippen MR) is 121 cm³/mol. The maximum absolute atomic E-state index is 12.4. The van der Waals surface area contributed by atoms with Crippen molar-refractivity contribution >= 4 is 5.91 Å². The van der Waals surface area contributed by atoms with Crippen molar-refractivity contribution in [3.8, 4) is 28.6 Å². The molecule has 1 fully saturated rings. The van der Waals surface area contributed by atoms with Crippen molar-refractivity contribution in [2.45, 2.75) is 18.9 Å². The summed E-state index contributed by atoms with van der Waals surface area (Å²) in [5.41, 5.74) is 2.93. The van der Waals surface area contributed by atoms with E-state index in [1.54, 1.807) is 0 Å². The molecule has 2 heterocycles. The molecule has 0 unspecified atom stereocenters. The molecule has 0 atom stereocenters. The second-order valence-corrected chi connectivity index (χ2v) is 7.84. The lowest BCUT2D eigenvalue weighted by molar-refractivity contribution is -0.139. The van der Waals surface area contributed by atoms with Gasteiger partial charge < -0.3 is 14.2 Å². The topological polar surface area (TPSA) is 68.5 Å². The molecule has 0 bridgehead atoms. The zero-order valence-corrected chi connectivity index (χ0v) is 17.6. The van der Waals surface area contributed by atoms with E-state index < -0.39 is 0 Å². The fourth-order valence-corrected chi connectivity index (χ4v) is 3.68. The summed E-state index contributed by atoms with van der Waals surface area (Å²) in [5, 5.41) is 4.08. The number of carbonyl (C=O) groups excluding carboxylic acids is 1. The first kappa shape index (κ1) is 20.0. The summed E-state index contributed by atoms with van der Waals surface area (Å²) >= 11 is 0. The minimum atomic E-state index is 0.0244. The number of nitrogens with zero attached hydrogens (tertiary/aromatic N) is 3. The van der Waals surface area contributed by atoms with Crippen LogP contribution in [0.3, 0.4) is 0 Å². The molecule has 4 aromatic rings. The van der Waals surface area contributed by atoms with Gasteiger partial charge >= 0.3 is 0 Å². The highest BCUT2D eigenvalue weighted by Gasteiger charge is 2.31. The molecule has 1 aliphatic rings. The highest BCUT2D eigenvalue weighted by atomic mass is 16.5. The Hall–Kier alpha value is -3.93. The zero-order valence-electron chi connectivity index (χ0n) is 17.6. The predicted octanol–water partition coefficient (Wildman–Crippen LogP) is 4.63. The average molecular weight is 425 g/mol. The molecule has 160 valence electrons. The standard InChI is InChI=1S/C26H23N3O3/c30-24(16-11-19-7-3-1-4-8-19)29-17-23(18-29)31-22-14-12-20(13-15-22)25-27-26(32-28-25)21-9-5-2-6-10-21/h1-10,12-15,23H,11,16-18H2. The van der Waals surface area contributed by atoms with Crippen LogP contribution in [0.1, 0.15) is 12.0 Å². The molecular formula is C26H23N3O3. The number of hydrogen-bond acceptors (Lipinski definition) is 5. The van der Waals surface area contributed by atoms with Crippen LogP contribution in [-0.4, -0.2) is 40.1 Å². The van der Waals surface area contributed by atoms with Crippen LogP contribution in [0.4, 0.5) is 0 Å². The van der Waals surface area contributed by atoms with Gasteiger partial charge in [-0.2, -0.15) is 4.98 Å². The van der Waals surface area contributed by atoms with Crippen LogP contribution in [0.25, 0.3) is 22.8 Å². The zero-order chi connectivity index (χ0) is 21.8. The Morgan fingerprint density at radius 2 is 1.59 bits per heavy atom. The van der Waals surface area contributed by atoms with E-state index in [0.717, 1.165) is 23.3 Å². The van der Waals surface area contributed by atoms with Crippen molar-refractivity contribution in [2.75, 3.05) is 13.1 Å². The number of rotatable bonds is 7. The second-order valence-electron chi connectivity index (χ2n) is 7.84. The lowest BCUT2D eigenvalue weighted by atomic mass is 10.1. The van der Waals surface area contributed by atoms with Crippen molar-refractivity contribution in [1.29, 1.82) is 0 Å². The van der Waals surface area contributed by atoms with Crippen molar-refractivity contribution in [2.24, 2.45) is 0 Å². The molecule has 6 heteroatoms. The van der Waals surface area contributed by atoms with E-state index in [4.69, 9.17) is 9.26 Å². The molecule has 3 aromatic carbocycles. The third-order valence-electron chi connectivity index (χ3n) is 5.53. The number of aromatic nitrogens is 2. The molecule has 6 nitrogen and oxygen atoms in total. The Bertz CT molecular complexity index is 1170. The van der Waals surface area contributed by atoms with Gasteiger partial charge in [0.2, 0.25) is 11.7 Å². The van der Waals surface area contributed by atoms with Crippen LogP contribution < -0.4 is 4.74 Å². The fraction of sp³-hybridized carbons (Fsp3) is 0.192. The van der Waals surface area contributed by atoms with Crippen LogP contribution in [0.5, 0.6) is 5.75 Å². The molecular weight excluding hydrogens is 402 g/mol. The Kier molecular flexibility index (Phi) is 5.66. The van der Waals surface area contributed by atoms with Crippen molar-refractivity contribution in [1.82, 2.24) is 15.0 Å². The van der Waals surface area contributed by atoms with Gasteiger partial charge in [-0.25, -0.2) is 0 Å². The Morgan fingerprint density at radius 1 is 0.906 bits per heavy atom. The maximum Gasteiger partial charge on any atom is 0.258 e. The third kappa shape index (κ3) is 4.54. The molecule has 1 aliphatic heterocycles. The summed E-state index contributed by atoms with van der Waals surface area (Å²) in [6, 6.07) is 27.4. The molecule has 0 saturated carbocycles. The number of aryl methyl sites for hydroxylation is 1. The van der Waals surface area contributed by atoms with E-state index in [-0.39, 0.29) is 12.0 Å². The van der Waals surface area contributed by atoms with Crippen molar-refractivity contribution < 1.29 is 14.1 Å². The van der Waals surface area contributed by atoms with Gasteiger partial charge in [-0.05, 0) is 48.4 Å². The Balaban J connectivity index is 1.11. The van der Waals surface area contributed by atoms with Gasteiger partial charge in [-0.15, -0.1) is 0 Å². The van der Waals surface area contributed by atoms with Gasteiger partial charge in [0.25, 0.3) is 5.89 Å². The smallest absolute Gasteiger partial charge is 0.258 e. The van der Waals surface area contributed by atoms with Crippen LogP contribution in [0.15, 0.2) is 89.5 Å². The van der Waals surface area contributed by atoms with Crippen LogP contribution in [0, 0.1) is 0 Å². The van der Waals surface area contributed by atoms with Crippen LogP contribution in [0.2, 0.25) is 0 Å². The van der Waals surface area contributed by atoms with Crippen molar-refractivity contribution in [3.05, 3.63) is 90.5 Å². The minimum absolute atomic E-state index is 0.0244. The summed E-state index contributed by atoms with van der Waals surface area (Å²) in [4.78, 5) is 18.7. The van der Waals surface area contributed by atoms with Crippen LogP contribution >= 0.6 is 0 Å². The van der Waals surface area contributed by atoms with Gasteiger partial charge in [0, 0.05) is 17.5 Å². The van der Waals surface area contributed by atoms with Crippen LogP contribution in [-0.2, 0) is 11.2 Å². The Morgan fingerprint density at radius 3 is 2.31 bits per heavy atom. The first-order valence-electron chi connectivity index (χ1n) is 10.7. The van der Waals surface area contributed by atoms with Gasteiger partial charge in [-0.1, -0.05) is 53.7 Å². The fourth-order valence-electron chi connectivity index (χ4n) is 3.68. The molecule has 0 aliphatic carbocycles. The van der Waals surface area contributed by atoms with Crippen molar-refractivity contribution in [3.63, 3.8) is 0 Å². The molecule has 0 radical (unpaired) electrons. The first-order valence-corrected chi connectivity index (χ1v) is 10.7. The average Bonchev–Trinajstić information content (AvgIpc) is 3.32. The number of ether oxygens (including phenoxy) is 1. The van der Waals surface area contributed by atoms with E-state index in [1.807, 2.05) is 77.7 Å². The number of carbonyl (C=O) groups is 1. The molecule has 1 aromatic heterocycles. The lowest BCUT2D eigenvalue weighted by Crippen LogP contribution is -2.56. The molecule has 0 N–H and O–H groups in total. The van der Waals surface area contributed by atoms with Gasteiger partial charge in [0.15, 0.2) is 0 Å². The number of benzene rings is 3. The van der Waals surface area contributed by atoms with Gasteiger partial charge in [0.05, 0.1) is 13.1 Å². The molecule has 32 heavy (non-hydrogen) atoms. The number of amides is 1. The van der Waals surface area contributed by atoms with E-state index in [2.05, 4.69) is 22.3 Å². The SMILES string of the molecule is O=C(CCc1ccccc1)N1CC(Oc2ccc(-c3noc(-c4ccccc4)n3)cc2)C1. The third-order valence-corrected chi connectivity index (χ3v) is 5.53. The summed E-state index contributed by atoms with van der Waals surface area (Å²) in [6.45, 7) is 1.25. The minimum Gasteiger partial charge on any atom is -0.487 e. The summed E-state index contributed by atoms with van der Waals surface area (Å²) in [7, 11) is 0. The molecule has 0 spiro atoms. The normalized spacial score (nSPS) is 13.6. The van der Waals surface area contributed by atoms with E-state index in [9.17, 15) is 4.79 Å².